The van der Waals surface area contributed by atoms with Gasteiger partial charge in [-0.15, -0.1) is 0 Å². The van der Waals surface area contributed by atoms with Gasteiger partial charge in [0.15, 0.2) is 5.57 Å². The fourth-order valence-corrected chi connectivity index (χ4v) is 3.18. The zero-order valence-electron chi connectivity index (χ0n) is 18.2. The molecule has 1 amide bonds. The standard InChI is InChI=1S/C24H23N3O5S/c1-3-31-19-12-10-18(11-13-19)26-21(28)14-15-22(29)33-23(20(16-25)24(30)32-4-2)27-17-8-6-5-7-9-17/h5-15,27H,3-4H2,1-2H3,(H,26,28). The molecule has 0 saturated heterocycles. The van der Waals surface area contributed by atoms with Gasteiger partial charge < -0.3 is 20.1 Å². The average molecular weight is 466 g/mol. The van der Waals surface area contributed by atoms with Crippen molar-refractivity contribution in [3.05, 3.63) is 77.4 Å². The van der Waals surface area contributed by atoms with Gasteiger partial charge in [0, 0.05) is 17.5 Å². The van der Waals surface area contributed by atoms with Crippen molar-refractivity contribution in [1.29, 1.82) is 5.26 Å². The van der Waals surface area contributed by atoms with Crippen LogP contribution in [-0.2, 0) is 19.1 Å². The Bertz CT molecular complexity index is 1070. The van der Waals surface area contributed by atoms with E-state index in [0.717, 1.165) is 12.2 Å². The summed E-state index contributed by atoms with van der Waals surface area (Å²) in [5.74, 6) is -0.686. The van der Waals surface area contributed by atoms with Gasteiger partial charge in [-0.05, 0) is 68.1 Å². The molecular weight excluding hydrogens is 442 g/mol. The lowest BCUT2D eigenvalue weighted by Gasteiger charge is -2.11. The second-order valence-corrected chi connectivity index (χ2v) is 7.24. The molecule has 0 radical (unpaired) electrons. The van der Waals surface area contributed by atoms with E-state index >= 15 is 0 Å². The van der Waals surface area contributed by atoms with E-state index in [1.807, 2.05) is 6.92 Å². The first-order valence-corrected chi connectivity index (χ1v) is 10.9. The number of amides is 1. The molecule has 0 aliphatic rings. The summed E-state index contributed by atoms with van der Waals surface area (Å²) < 4.78 is 10.3. The smallest absolute Gasteiger partial charge is 0.351 e. The highest BCUT2D eigenvalue weighted by Gasteiger charge is 2.20. The molecule has 33 heavy (non-hydrogen) atoms. The summed E-state index contributed by atoms with van der Waals surface area (Å²) in [5, 5.41) is 14.4. The number of carbonyl (C=O) groups is 3. The second kappa shape index (κ2) is 13.4. The van der Waals surface area contributed by atoms with Crippen LogP contribution in [0.4, 0.5) is 11.4 Å². The summed E-state index contributed by atoms with van der Waals surface area (Å²) in [6, 6.07) is 17.3. The van der Waals surface area contributed by atoms with E-state index in [0.29, 0.717) is 35.5 Å². The topological polar surface area (TPSA) is 118 Å². The van der Waals surface area contributed by atoms with Crippen molar-refractivity contribution in [2.45, 2.75) is 13.8 Å². The number of hydrogen-bond acceptors (Lipinski definition) is 8. The van der Waals surface area contributed by atoms with Crippen LogP contribution in [0.1, 0.15) is 13.8 Å². The summed E-state index contributed by atoms with van der Waals surface area (Å²) in [6.07, 6.45) is 2.13. The predicted octanol–water partition coefficient (Wildman–Crippen LogP) is 4.25. The molecule has 0 spiro atoms. The van der Waals surface area contributed by atoms with E-state index in [4.69, 9.17) is 9.47 Å². The number of carbonyl (C=O) groups excluding carboxylic acids is 3. The Balaban J connectivity index is 2.11. The zero-order valence-corrected chi connectivity index (χ0v) is 19.0. The number of rotatable bonds is 10. The Labute approximate surface area is 196 Å². The van der Waals surface area contributed by atoms with Crippen molar-refractivity contribution >= 4 is 40.1 Å². The number of esters is 1. The third-order valence-corrected chi connectivity index (χ3v) is 4.70. The van der Waals surface area contributed by atoms with E-state index in [1.165, 1.54) is 0 Å². The number of para-hydroxylation sites is 1. The van der Waals surface area contributed by atoms with Crippen molar-refractivity contribution in [1.82, 2.24) is 0 Å². The van der Waals surface area contributed by atoms with Gasteiger partial charge in [0.2, 0.25) is 11.0 Å². The number of thioether (sulfide) groups is 1. The molecule has 8 nitrogen and oxygen atoms in total. The Morgan fingerprint density at radius 1 is 0.939 bits per heavy atom. The molecule has 0 bridgehead atoms. The predicted molar refractivity (Wildman–Crippen MR) is 127 cm³/mol. The van der Waals surface area contributed by atoms with Crippen LogP contribution in [0.25, 0.3) is 0 Å². The van der Waals surface area contributed by atoms with Crippen molar-refractivity contribution < 1.29 is 23.9 Å². The lowest BCUT2D eigenvalue weighted by molar-refractivity contribution is -0.138. The van der Waals surface area contributed by atoms with Crippen LogP contribution in [0.15, 0.2) is 77.4 Å². The zero-order chi connectivity index (χ0) is 24.1. The Hall–Kier alpha value is -4.03. The second-order valence-electron chi connectivity index (χ2n) is 6.23. The maximum atomic E-state index is 12.5. The molecule has 0 fully saturated rings. The summed E-state index contributed by atoms with van der Waals surface area (Å²) in [5.41, 5.74) is 0.766. The monoisotopic (exact) mass is 465 g/mol. The SMILES string of the molecule is CCOC(=O)C(C#N)=C(Nc1ccccc1)SC(=O)C=CC(=O)Nc1ccc(OCC)cc1. The highest BCUT2D eigenvalue weighted by molar-refractivity contribution is 8.17. The van der Waals surface area contributed by atoms with Gasteiger partial charge in [0.25, 0.3) is 0 Å². The van der Waals surface area contributed by atoms with Crippen LogP contribution in [0, 0.1) is 11.3 Å². The molecule has 170 valence electrons. The van der Waals surface area contributed by atoms with Gasteiger partial charge in [-0.1, -0.05) is 18.2 Å². The minimum absolute atomic E-state index is 0.00345. The van der Waals surface area contributed by atoms with Crippen molar-refractivity contribution in [2.75, 3.05) is 23.8 Å². The van der Waals surface area contributed by atoms with Gasteiger partial charge in [-0.3, -0.25) is 9.59 Å². The minimum atomic E-state index is -0.851. The summed E-state index contributed by atoms with van der Waals surface area (Å²) in [4.78, 5) is 36.8. The molecule has 0 unspecified atom stereocenters. The fraction of sp³-hybridized carbons (Fsp3) is 0.167. The first-order chi connectivity index (χ1) is 16.0. The highest BCUT2D eigenvalue weighted by Crippen LogP contribution is 2.25. The number of nitrogens with zero attached hydrogens (tertiary/aromatic N) is 1. The van der Waals surface area contributed by atoms with Crippen LogP contribution in [0.3, 0.4) is 0 Å². The van der Waals surface area contributed by atoms with Crippen molar-refractivity contribution in [2.24, 2.45) is 0 Å². The summed E-state index contributed by atoms with van der Waals surface area (Å²) >= 11 is 0.605. The van der Waals surface area contributed by atoms with Crippen molar-refractivity contribution in [3.8, 4) is 11.8 Å². The van der Waals surface area contributed by atoms with Crippen molar-refractivity contribution in [3.63, 3.8) is 0 Å². The molecule has 2 aromatic carbocycles. The first kappa shape index (κ1) is 25.2. The summed E-state index contributed by atoms with van der Waals surface area (Å²) in [6.45, 7) is 4.10. The molecule has 2 aromatic rings. The number of anilines is 2. The van der Waals surface area contributed by atoms with E-state index in [2.05, 4.69) is 10.6 Å². The number of nitrogens with one attached hydrogen (secondary N) is 2. The molecule has 0 atom stereocenters. The van der Waals surface area contributed by atoms with Gasteiger partial charge in [0.05, 0.1) is 13.2 Å². The van der Waals surface area contributed by atoms with Crippen LogP contribution >= 0.6 is 11.8 Å². The van der Waals surface area contributed by atoms with Gasteiger partial charge in [-0.2, -0.15) is 5.26 Å². The maximum absolute atomic E-state index is 12.5. The van der Waals surface area contributed by atoms with E-state index in [1.54, 1.807) is 67.6 Å². The summed E-state index contributed by atoms with van der Waals surface area (Å²) in [7, 11) is 0. The van der Waals surface area contributed by atoms with Crippen LogP contribution in [0.5, 0.6) is 5.75 Å². The van der Waals surface area contributed by atoms with Crippen LogP contribution < -0.4 is 15.4 Å². The van der Waals surface area contributed by atoms with Gasteiger partial charge >= 0.3 is 5.97 Å². The van der Waals surface area contributed by atoms with E-state index in [-0.39, 0.29) is 17.2 Å². The maximum Gasteiger partial charge on any atom is 0.351 e. The Kier molecular flexibility index (Phi) is 10.2. The van der Waals surface area contributed by atoms with E-state index in [9.17, 15) is 19.6 Å². The molecule has 0 heterocycles. The first-order valence-electron chi connectivity index (χ1n) is 10.0. The number of nitriles is 1. The van der Waals surface area contributed by atoms with Gasteiger partial charge in [-0.25, -0.2) is 4.79 Å². The Morgan fingerprint density at radius 3 is 2.21 bits per heavy atom. The third kappa shape index (κ3) is 8.55. The third-order valence-electron chi connectivity index (χ3n) is 3.86. The quantitative estimate of drug-likeness (QED) is 0.304. The molecule has 0 aromatic heterocycles. The highest BCUT2D eigenvalue weighted by atomic mass is 32.2. The molecule has 2 N–H and O–H groups in total. The molecule has 0 aliphatic heterocycles. The average Bonchev–Trinajstić information content (AvgIpc) is 2.80. The lowest BCUT2D eigenvalue weighted by Crippen LogP contribution is -2.13. The lowest BCUT2D eigenvalue weighted by atomic mass is 10.3. The largest absolute Gasteiger partial charge is 0.494 e. The Morgan fingerprint density at radius 2 is 1.61 bits per heavy atom. The molecule has 2 rings (SSSR count). The number of ether oxygens (including phenoxy) is 2. The normalized spacial score (nSPS) is 11.2. The van der Waals surface area contributed by atoms with Crippen LogP contribution in [0.2, 0.25) is 0 Å². The molecular formula is C24H23N3O5S. The van der Waals surface area contributed by atoms with E-state index < -0.39 is 17.0 Å². The van der Waals surface area contributed by atoms with Gasteiger partial charge in [0.1, 0.15) is 16.8 Å². The fourth-order valence-electron chi connectivity index (χ4n) is 2.45. The van der Waals surface area contributed by atoms with Crippen LogP contribution in [-0.4, -0.2) is 30.2 Å². The molecule has 0 aliphatic carbocycles. The minimum Gasteiger partial charge on any atom is -0.494 e. The molecule has 9 heteroatoms. The number of hydrogen-bond donors (Lipinski definition) is 2. The number of benzene rings is 2. The molecule has 0 saturated carbocycles.